The van der Waals surface area contributed by atoms with Gasteiger partial charge in [-0.15, -0.1) is 0 Å². The molecule has 0 aromatic carbocycles. The van der Waals surface area contributed by atoms with Crippen LogP contribution in [0.1, 0.15) is 24.3 Å². The van der Waals surface area contributed by atoms with Crippen molar-refractivity contribution in [2.24, 2.45) is 0 Å². The first-order chi connectivity index (χ1) is 8.24. The number of carbonyl (C=O) groups is 1. The fourth-order valence-electron chi connectivity index (χ4n) is 1.56. The number of pyridine rings is 1. The summed E-state index contributed by atoms with van der Waals surface area (Å²) < 4.78 is 0. The molecule has 0 atom stereocenters. The number of rotatable bonds is 4. The third-order valence-electron chi connectivity index (χ3n) is 2.28. The van der Waals surface area contributed by atoms with E-state index in [0.717, 1.165) is 0 Å². The molecule has 1 rings (SSSR count). The lowest BCUT2D eigenvalue weighted by molar-refractivity contribution is 0.0365. The van der Waals surface area contributed by atoms with E-state index in [1.807, 2.05) is 0 Å². The standard InChI is InChI=1S/C12H18ClN3O2/c1-12(2,18)7-16(4)11(17)10-8(13)5-6-9(14-3)15-10/h5-6,18H,7H2,1-4H3,(H,14,15). The molecule has 0 bridgehead atoms. The third kappa shape index (κ3) is 3.85. The van der Waals surface area contributed by atoms with Crippen LogP contribution in [0, 0.1) is 0 Å². The number of hydrogen-bond donors (Lipinski definition) is 2. The average molecular weight is 272 g/mol. The lowest BCUT2D eigenvalue weighted by Crippen LogP contribution is -2.40. The quantitative estimate of drug-likeness (QED) is 0.873. The Morgan fingerprint density at radius 1 is 1.56 bits per heavy atom. The van der Waals surface area contributed by atoms with Crippen LogP contribution in [-0.2, 0) is 0 Å². The second-order valence-electron chi connectivity index (χ2n) is 4.75. The minimum Gasteiger partial charge on any atom is -0.389 e. The molecular weight excluding hydrogens is 254 g/mol. The maximum atomic E-state index is 12.2. The van der Waals surface area contributed by atoms with Crippen LogP contribution in [0.15, 0.2) is 12.1 Å². The number of likely N-dealkylation sites (N-methyl/N-ethyl adjacent to an activating group) is 1. The lowest BCUT2D eigenvalue weighted by Gasteiger charge is -2.25. The predicted molar refractivity (Wildman–Crippen MR) is 72.1 cm³/mol. The number of nitrogens with one attached hydrogen (secondary N) is 1. The van der Waals surface area contributed by atoms with Gasteiger partial charge in [0.25, 0.3) is 5.91 Å². The molecule has 1 heterocycles. The van der Waals surface area contributed by atoms with Gasteiger partial charge in [-0.2, -0.15) is 0 Å². The van der Waals surface area contributed by atoms with Gasteiger partial charge < -0.3 is 15.3 Å². The van der Waals surface area contributed by atoms with Crippen molar-refractivity contribution in [3.05, 3.63) is 22.8 Å². The van der Waals surface area contributed by atoms with Crippen molar-refractivity contribution in [2.75, 3.05) is 26.0 Å². The number of anilines is 1. The van der Waals surface area contributed by atoms with Crippen molar-refractivity contribution in [1.29, 1.82) is 0 Å². The second kappa shape index (κ2) is 5.54. The Balaban J connectivity index is 2.96. The van der Waals surface area contributed by atoms with Crippen molar-refractivity contribution >= 4 is 23.3 Å². The molecule has 0 aliphatic rings. The van der Waals surface area contributed by atoms with Gasteiger partial charge in [-0.25, -0.2) is 4.98 Å². The molecule has 100 valence electrons. The highest BCUT2D eigenvalue weighted by Gasteiger charge is 2.23. The molecule has 5 nitrogen and oxygen atoms in total. The molecule has 0 radical (unpaired) electrons. The van der Waals surface area contributed by atoms with Gasteiger partial charge in [-0.1, -0.05) is 11.6 Å². The Bertz CT molecular complexity index is 443. The van der Waals surface area contributed by atoms with Crippen molar-refractivity contribution < 1.29 is 9.90 Å². The Labute approximate surface area is 112 Å². The summed E-state index contributed by atoms with van der Waals surface area (Å²) in [7, 11) is 3.31. The largest absolute Gasteiger partial charge is 0.389 e. The maximum Gasteiger partial charge on any atom is 0.273 e. The zero-order valence-corrected chi connectivity index (χ0v) is 11.7. The van der Waals surface area contributed by atoms with Crippen LogP contribution < -0.4 is 5.32 Å². The summed E-state index contributed by atoms with van der Waals surface area (Å²) in [6.07, 6.45) is 0. The fraction of sp³-hybridized carbons (Fsp3) is 0.500. The predicted octanol–water partition coefficient (Wildman–Crippen LogP) is 1.62. The maximum absolute atomic E-state index is 12.2. The molecule has 1 aromatic heterocycles. The van der Waals surface area contributed by atoms with E-state index in [1.54, 1.807) is 40.1 Å². The Kier molecular flexibility index (Phi) is 4.53. The van der Waals surface area contributed by atoms with Crippen molar-refractivity contribution in [2.45, 2.75) is 19.4 Å². The number of amides is 1. The molecule has 0 aliphatic heterocycles. The summed E-state index contributed by atoms with van der Waals surface area (Å²) in [5, 5.41) is 12.8. The number of carbonyl (C=O) groups excluding carboxylic acids is 1. The first kappa shape index (κ1) is 14.7. The lowest BCUT2D eigenvalue weighted by atomic mass is 10.1. The SMILES string of the molecule is CNc1ccc(Cl)c(C(=O)N(C)CC(C)(C)O)n1. The first-order valence-electron chi connectivity index (χ1n) is 5.57. The molecule has 0 spiro atoms. The van der Waals surface area contributed by atoms with E-state index in [9.17, 15) is 9.90 Å². The van der Waals surface area contributed by atoms with Crippen LogP contribution in [-0.4, -0.2) is 47.1 Å². The molecule has 0 saturated carbocycles. The van der Waals surface area contributed by atoms with Crippen molar-refractivity contribution in [1.82, 2.24) is 9.88 Å². The molecule has 1 amide bonds. The zero-order valence-electron chi connectivity index (χ0n) is 11.0. The molecule has 0 saturated heterocycles. The number of hydrogen-bond acceptors (Lipinski definition) is 4. The summed E-state index contributed by atoms with van der Waals surface area (Å²) in [5.41, 5.74) is -0.785. The van der Waals surface area contributed by atoms with Crippen molar-refractivity contribution in [3.8, 4) is 0 Å². The number of nitrogens with zero attached hydrogens (tertiary/aromatic N) is 2. The highest BCUT2D eigenvalue weighted by Crippen LogP contribution is 2.18. The van der Waals surface area contributed by atoms with E-state index in [2.05, 4.69) is 10.3 Å². The van der Waals surface area contributed by atoms with Crippen LogP contribution in [0.25, 0.3) is 0 Å². The summed E-state index contributed by atoms with van der Waals surface area (Å²) >= 11 is 5.96. The molecular formula is C12H18ClN3O2. The Morgan fingerprint density at radius 3 is 2.67 bits per heavy atom. The second-order valence-corrected chi connectivity index (χ2v) is 5.16. The van der Waals surface area contributed by atoms with E-state index < -0.39 is 5.60 Å². The molecule has 18 heavy (non-hydrogen) atoms. The van der Waals surface area contributed by atoms with E-state index in [0.29, 0.717) is 10.8 Å². The molecule has 0 unspecified atom stereocenters. The summed E-state index contributed by atoms with van der Waals surface area (Å²) in [5.74, 6) is 0.249. The Morgan fingerprint density at radius 2 is 2.17 bits per heavy atom. The van der Waals surface area contributed by atoms with Crippen molar-refractivity contribution in [3.63, 3.8) is 0 Å². The number of aromatic nitrogens is 1. The van der Waals surface area contributed by atoms with E-state index in [-0.39, 0.29) is 18.1 Å². The van der Waals surface area contributed by atoms with Crippen LogP contribution >= 0.6 is 11.6 Å². The number of halogens is 1. The first-order valence-corrected chi connectivity index (χ1v) is 5.94. The molecule has 1 aromatic rings. The molecule has 0 fully saturated rings. The highest BCUT2D eigenvalue weighted by molar-refractivity contribution is 6.33. The van der Waals surface area contributed by atoms with Gasteiger partial charge in [0.15, 0.2) is 0 Å². The molecule has 2 N–H and O–H groups in total. The van der Waals surface area contributed by atoms with E-state index in [1.165, 1.54) is 4.90 Å². The minimum atomic E-state index is -0.961. The number of aliphatic hydroxyl groups is 1. The highest BCUT2D eigenvalue weighted by atomic mass is 35.5. The topological polar surface area (TPSA) is 65.5 Å². The third-order valence-corrected chi connectivity index (χ3v) is 2.58. The van der Waals surface area contributed by atoms with Gasteiger partial charge in [0.1, 0.15) is 11.5 Å². The average Bonchev–Trinajstić information content (AvgIpc) is 2.26. The van der Waals surface area contributed by atoms with Gasteiger partial charge in [0.05, 0.1) is 10.6 Å². The summed E-state index contributed by atoms with van der Waals surface area (Å²) in [4.78, 5) is 17.7. The van der Waals surface area contributed by atoms with Gasteiger partial charge in [-0.05, 0) is 26.0 Å². The summed E-state index contributed by atoms with van der Waals surface area (Å²) in [6.45, 7) is 3.47. The van der Waals surface area contributed by atoms with Crippen LogP contribution in [0.4, 0.5) is 5.82 Å². The monoisotopic (exact) mass is 271 g/mol. The van der Waals surface area contributed by atoms with Crippen LogP contribution in [0.5, 0.6) is 0 Å². The van der Waals surface area contributed by atoms with Gasteiger partial charge in [-0.3, -0.25) is 4.79 Å². The molecule has 0 aliphatic carbocycles. The Hall–Kier alpha value is -1.33. The van der Waals surface area contributed by atoms with Crippen LogP contribution in [0.3, 0.4) is 0 Å². The zero-order chi connectivity index (χ0) is 13.9. The minimum absolute atomic E-state index is 0.176. The fourth-order valence-corrected chi connectivity index (χ4v) is 1.75. The smallest absolute Gasteiger partial charge is 0.273 e. The van der Waals surface area contributed by atoms with E-state index in [4.69, 9.17) is 11.6 Å². The van der Waals surface area contributed by atoms with Gasteiger partial charge in [0, 0.05) is 20.6 Å². The van der Waals surface area contributed by atoms with E-state index >= 15 is 0 Å². The van der Waals surface area contributed by atoms with Gasteiger partial charge in [0.2, 0.25) is 0 Å². The normalized spacial score (nSPS) is 11.2. The molecule has 6 heteroatoms. The van der Waals surface area contributed by atoms with Gasteiger partial charge >= 0.3 is 0 Å². The summed E-state index contributed by atoms with van der Waals surface area (Å²) in [6, 6.07) is 3.31. The van der Waals surface area contributed by atoms with Crippen LogP contribution in [0.2, 0.25) is 5.02 Å².